The van der Waals surface area contributed by atoms with Crippen LogP contribution >= 0.6 is 0 Å². The lowest BCUT2D eigenvalue weighted by molar-refractivity contribution is 0.431. The highest BCUT2D eigenvalue weighted by atomic mass is 15.1. The lowest BCUT2D eigenvalue weighted by Crippen LogP contribution is -2.19. The number of nitrogens with zero attached hydrogens (tertiary/aromatic N) is 1. The minimum absolute atomic E-state index is 0.223. The summed E-state index contributed by atoms with van der Waals surface area (Å²) >= 11 is 0. The molecule has 0 radical (unpaired) electrons. The Bertz CT molecular complexity index is 710. The second-order valence-corrected chi connectivity index (χ2v) is 5.48. The van der Waals surface area contributed by atoms with Gasteiger partial charge in [-0.25, -0.2) is 0 Å². The third-order valence-electron chi connectivity index (χ3n) is 4.11. The summed E-state index contributed by atoms with van der Waals surface area (Å²) in [5.74, 6) is 0. The Hall–Kier alpha value is -2.54. The Balaban J connectivity index is 1.99. The van der Waals surface area contributed by atoms with E-state index in [1.54, 1.807) is 0 Å². The van der Waals surface area contributed by atoms with Crippen molar-refractivity contribution < 1.29 is 0 Å². The van der Waals surface area contributed by atoms with E-state index in [0.29, 0.717) is 0 Å². The Morgan fingerprint density at radius 3 is 2.55 bits per heavy atom. The first kappa shape index (κ1) is 14.4. The number of hydrogen-bond donors (Lipinski definition) is 0. The van der Waals surface area contributed by atoms with E-state index in [-0.39, 0.29) is 6.04 Å². The van der Waals surface area contributed by atoms with Gasteiger partial charge in [0.2, 0.25) is 0 Å². The van der Waals surface area contributed by atoms with Gasteiger partial charge in [0.1, 0.15) is 0 Å². The molecule has 0 aromatic heterocycles. The fraction of sp³-hybridized carbons (Fsp3) is 0.143. The van der Waals surface area contributed by atoms with Crippen LogP contribution < -0.4 is 0 Å². The summed E-state index contributed by atoms with van der Waals surface area (Å²) in [4.78, 5) is 2.16. The molecule has 1 aliphatic rings. The summed E-state index contributed by atoms with van der Waals surface area (Å²) in [6.07, 6.45) is 9.55. The maximum Gasteiger partial charge on any atom is 0.0769 e. The van der Waals surface area contributed by atoms with Crippen LogP contribution in [0.5, 0.6) is 0 Å². The Kier molecular flexibility index (Phi) is 4.24. The first-order valence-electron chi connectivity index (χ1n) is 7.76. The summed E-state index contributed by atoms with van der Waals surface area (Å²) < 4.78 is 0. The fourth-order valence-corrected chi connectivity index (χ4v) is 2.83. The average Bonchev–Trinajstić information content (AvgIpc) is 2.62. The minimum atomic E-state index is 0.223. The quantitative estimate of drug-likeness (QED) is 0.696. The van der Waals surface area contributed by atoms with Gasteiger partial charge in [0, 0.05) is 6.20 Å². The maximum atomic E-state index is 3.94. The van der Waals surface area contributed by atoms with Gasteiger partial charge in [-0.3, -0.25) is 0 Å². The molecule has 0 fully saturated rings. The first-order chi connectivity index (χ1) is 10.8. The molecule has 22 heavy (non-hydrogen) atoms. The Morgan fingerprint density at radius 2 is 1.82 bits per heavy atom. The fourth-order valence-electron chi connectivity index (χ4n) is 2.83. The summed E-state index contributed by atoms with van der Waals surface area (Å²) in [5, 5.41) is 0. The van der Waals surface area contributed by atoms with Crippen LogP contribution in [0.3, 0.4) is 0 Å². The highest BCUT2D eigenvalue weighted by molar-refractivity contribution is 5.64. The zero-order chi connectivity index (χ0) is 15.4. The molecule has 3 rings (SSSR count). The van der Waals surface area contributed by atoms with Crippen LogP contribution in [0, 0.1) is 0 Å². The molecule has 1 unspecified atom stereocenters. The van der Waals surface area contributed by atoms with E-state index < -0.39 is 0 Å². The summed E-state index contributed by atoms with van der Waals surface area (Å²) in [6, 6.07) is 19.5. The van der Waals surface area contributed by atoms with Gasteiger partial charge in [0.15, 0.2) is 0 Å². The van der Waals surface area contributed by atoms with Gasteiger partial charge in [0.05, 0.1) is 6.04 Å². The second kappa shape index (κ2) is 6.48. The molecular weight excluding hydrogens is 266 g/mol. The van der Waals surface area contributed by atoms with Gasteiger partial charge in [-0.1, -0.05) is 68.1 Å². The van der Waals surface area contributed by atoms with Crippen molar-refractivity contribution in [2.45, 2.75) is 19.4 Å². The smallest absolute Gasteiger partial charge is 0.0769 e. The predicted octanol–water partition coefficient (Wildman–Crippen LogP) is 5.70. The van der Waals surface area contributed by atoms with Crippen molar-refractivity contribution in [3.05, 3.63) is 96.9 Å². The monoisotopic (exact) mass is 287 g/mol. The van der Waals surface area contributed by atoms with E-state index in [9.17, 15) is 0 Å². The van der Waals surface area contributed by atoms with Crippen molar-refractivity contribution >= 4 is 0 Å². The Labute approximate surface area is 132 Å². The third kappa shape index (κ3) is 2.89. The second-order valence-electron chi connectivity index (χ2n) is 5.48. The van der Waals surface area contributed by atoms with E-state index in [1.165, 1.54) is 22.3 Å². The van der Waals surface area contributed by atoms with Crippen LogP contribution in [0.15, 0.2) is 91.3 Å². The molecule has 0 saturated heterocycles. The largest absolute Gasteiger partial charge is 0.344 e. The zero-order valence-corrected chi connectivity index (χ0v) is 12.9. The van der Waals surface area contributed by atoms with E-state index in [2.05, 4.69) is 91.4 Å². The van der Waals surface area contributed by atoms with E-state index in [4.69, 9.17) is 0 Å². The maximum absolute atomic E-state index is 3.94. The molecule has 0 aliphatic carbocycles. The lowest BCUT2D eigenvalue weighted by atomic mass is 9.95. The average molecular weight is 287 g/mol. The summed E-state index contributed by atoms with van der Waals surface area (Å²) in [6.45, 7) is 6.13. The molecular formula is C21H21N. The van der Waals surface area contributed by atoms with E-state index >= 15 is 0 Å². The number of rotatable bonds is 4. The van der Waals surface area contributed by atoms with Gasteiger partial charge >= 0.3 is 0 Å². The molecule has 0 bridgehead atoms. The summed E-state index contributed by atoms with van der Waals surface area (Å²) in [7, 11) is 0. The highest BCUT2D eigenvalue weighted by Crippen LogP contribution is 2.31. The van der Waals surface area contributed by atoms with Crippen LogP contribution in [-0.2, 0) is 0 Å². The van der Waals surface area contributed by atoms with Gasteiger partial charge in [-0.2, -0.15) is 0 Å². The first-order valence-corrected chi connectivity index (χ1v) is 7.76. The van der Waals surface area contributed by atoms with Crippen LogP contribution in [0.1, 0.15) is 24.9 Å². The Morgan fingerprint density at radius 1 is 1.05 bits per heavy atom. The van der Waals surface area contributed by atoms with Crippen molar-refractivity contribution in [2.24, 2.45) is 0 Å². The van der Waals surface area contributed by atoms with Crippen LogP contribution in [0.25, 0.3) is 11.1 Å². The normalized spacial score (nSPS) is 17.2. The van der Waals surface area contributed by atoms with Gasteiger partial charge in [-0.05, 0) is 47.0 Å². The third-order valence-corrected chi connectivity index (χ3v) is 4.11. The topological polar surface area (TPSA) is 3.24 Å². The number of allylic oxidation sites excluding steroid dienone is 2. The number of benzene rings is 2. The van der Waals surface area contributed by atoms with Crippen LogP contribution in [0.4, 0.5) is 0 Å². The molecule has 1 heteroatoms. The lowest BCUT2D eigenvalue weighted by Gasteiger charge is -2.29. The SMILES string of the molecule is C=CN1C=CC(CC)=CC1c1cccc(-c2ccccc2)c1. The van der Waals surface area contributed by atoms with E-state index in [1.807, 2.05) is 6.20 Å². The summed E-state index contributed by atoms with van der Waals surface area (Å²) in [5.41, 5.74) is 5.16. The van der Waals surface area contributed by atoms with Gasteiger partial charge < -0.3 is 4.90 Å². The predicted molar refractivity (Wildman–Crippen MR) is 94.2 cm³/mol. The molecule has 110 valence electrons. The molecule has 1 aliphatic heterocycles. The number of hydrogen-bond acceptors (Lipinski definition) is 1. The van der Waals surface area contributed by atoms with Crippen molar-refractivity contribution in [1.29, 1.82) is 0 Å². The molecule has 0 saturated carbocycles. The van der Waals surface area contributed by atoms with Crippen LogP contribution in [0.2, 0.25) is 0 Å². The molecule has 0 amide bonds. The van der Waals surface area contributed by atoms with Gasteiger partial charge in [0.25, 0.3) is 0 Å². The minimum Gasteiger partial charge on any atom is -0.344 e. The zero-order valence-electron chi connectivity index (χ0n) is 12.9. The standard InChI is InChI=1S/C21H21N/c1-3-17-13-14-22(4-2)21(15-17)20-12-8-11-19(16-20)18-9-6-5-7-10-18/h4-16,21H,2-3H2,1H3. The van der Waals surface area contributed by atoms with Crippen molar-refractivity contribution in [1.82, 2.24) is 4.90 Å². The van der Waals surface area contributed by atoms with Gasteiger partial charge in [-0.15, -0.1) is 0 Å². The molecule has 2 aromatic rings. The van der Waals surface area contributed by atoms with E-state index in [0.717, 1.165) is 6.42 Å². The molecule has 1 atom stereocenters. The molecule has 1 nitrogen and oxygen atoms in total. The highest BCUT2D eigenvalue weighted by Gasteiger charge is 2.17. The molecule has 0 N–H and O–H groups in total. The molecule has 2 aromatic carbocycles. The van der Waals surface area contributed by atoms with Crippen molar-refractivity contribution in [3.63, 3.8) is 0 Å². The molecule has 0 spiro atoms. The van der Waals surface area contributed by atoms with Crippen molar-refractivity contribution in [2.75, 3.05) is 0 Å². The molecule has 1 heterocycles. The van der Waals surface area contributed by atoms with Crippen molar-refractivity contribution in [3.8, 4) is 11.1 Å². The van der Waals surface area contributed by atoms with Crippen LogP contribution in [-0.4, -0.2) is 4.90 Å².